The highest BCUT2D eigenvalue weighted by Crippen LogP contribution is 2.37. The first kappa shape index (κ1) is 21.9. The van der Waals surface area contributed by atoms with E-state index in [2.05, 4.69) is 28.7 Å². The van der Waals surface area contributed by atoms with Crippen molar-refractivity contribution in [2.75, 3.05) is 0 Å². The average molecular weight is 435 g/mol. The topological polar surface area (TPSA) is 97.2 Å². The van der Waals surface area contributed by atoms with Crippen LogP contribution in [-0.2, 0) is 0 Å². The number of hydrogen-bond donors (Lipinski definition) is 0. The maximum atomic E-state index is 10.0. The molecule has 0 atom stereocenters. The van der Waals surface area contributed by atoms with Gasteiger partial charge in [0.15, 0.2) is 0 Å². The van der Waals surface area contributed by atoms with E-state index in [0.717, 1.165) is 33.3 Å². The van der Waals surface area contributed by atoms with E-state index in [1.165, 1.54) is 12.2 Å². The van der Waals surface area contributed by atoms with Crippen molar-refractivity contribution in [2.24, 2.45) is 0 Å². The van der Waals surface area contributed by atoms with E-state index in [1.54, 1.807) is 12.4 Å². The molecule has 0 aliphatic heterocycles. The molecule has 4 rings (SSSR count). The van der Waals surface area contributed by atoms with Gasteiger partial charge in [-0.25, -0.2) is 0 Å². The molecule has 158 valence electrons. The zero-order valence-electron chi connectivity index (χ0n) is 18.1. The molecule has 1 aromatic heterocycles. The molecule has 0 bridgehead atoms. The van der Waals surface area contributed by atoms with Gasteiger partial charge >= 0.3 is 0 Å². The van der Waals surface area contributed by atoms with Gasteiger partial charge < -0.3 is 0 Å². The zero-order valence-corrected chi connectivity index (χ0v) is 18.1. The highest BCUT2D eigenvalue weighted by Gasteiger charge is 2.16. The highest BCUT2D eigenvalue weighted by atomic mass is 14.8. The number of aromatic nitrogens is 2. The maximum absolute atomic E-state index is 10.0. The molecule has 0 radical (unpaired) electrons. The van der Waals surface area contributed by atoms with Crippen LogP contribution in [0.15, 0.2) is 109 Å². The van der Waals surface area contributed by atoms with Gasteiger partial charge in [-0.2, -0.15) is 15.8 Å². The Hall–Kier alpha value is -5.31. The monoisotopic (exact) mass is 435 g/mol. The predicted octanol–water partition coefficient (Wildman–Crippen LogP) is 6.40. The van der Waals surface area contributed by atoms with E-state index >= 15 is 0 Å². The van der Waals surface area contributed by atoms with Gasteiger partial charge in [-0.1, -0.05) is 67.3 Å². The molecular formula is C29H17N5. The van der Waals surface area contributed by atoms with Crippen molar-refractivity contribution in [3.8, 4) is 40.5 Å². The summed E-state index contributed by atoms with van der Waals surface area (Å²) in [6.45, 7) is 3.59. The molecule has 0 saturated carbocycles. The SMILES string of the molecule is C=C/C(C#N)=C\C(C#N)=C(/C#N)c1ccccc1-c1ccccc1-c1ccc2nccnc2c1. The van der Waals surface area contributed by atoms with Gasteiger partial charge in [0.05, 0.1) is 33.8 Å². The van der Waals surface area contributed by atoms with E-state index in [-0.39, 0.29) is 16.7 Å². The van der Waals surface area contributed by atoms with Gasteiger partial charge in [-0.15, -0.1) is 0 Å². The summed E-state index contributed by atoms with van der Waals surface area (Å²) >= 11 is 0. The van der Waals surface area contributed by atoms with Crippen LogP contribution in [0.2, 0.25) is 0 Å². The normalized spacial score (nSPS) is 11.6. The van der Waals surface area contributed by atoms with Gasteiger partial charge in [0.1, 0.15) is 12.1 Å². The first-order valence-corrected chi connectivity index (χ1v) is 10.4. The van der Waals surface area contributed by atoms with Gasteiger partial charge in [0.2, 0.25) is 0 Å². The Kier molecular flexibility index (Phi) is 6.36. The van der Waals surface area contributed by atoms with Crippen LogP contribution in [0.4, 0.5) is 0 Å². The Morgan fingerprint density at radius 1 is 0.735 bits per heavy atom. The van der Waals surface area contributed by atoms with E-state index in [0.29, 0.717) is 5.56 Å². The van der Waals surface area contributed by atoms with Gasteiger partial charge in [-0.05, 0) is 40.5 Å². The molecule has 0 unspecified atom stereocenters. The summed E-state index contributed by atoms with van der Waals surface area (Å²) < 4.78 is 0. The van der Waals surface area contributed by atoms with Crippen LogP contribution in [0.5, 0.6) is 0 Å². The number of nitriles is 3. The molecule has 34 heavy (non-hydrogen) atoms. The number of allylic oxidation sites excluding steroid dienone is 5. The summed E-state index contributed by atoms with van der Waals surface area (Å²) in [6, 6.07) is 27.4. The number of hydrogen-bond acceptors (Lipinski definition) is 5. The Morgan fingerprint density at radius 2 is 1.41 bits per heavy atom. The summed E-state index contributed by atoms with van der Waals surface area (Å²) in [5.41, 5.74) is 6.30. The Bertz CT molecular complexity index is 1600. The molecule has 4 aromatic rings. The lowest BCUT2D eigenvalue weighted by molar-refractivity contribution is 1.29. The van der Waals surface area contributed by atoms with Crippen molar-refractivity contribution in [1.82, 2.24) is 9.97 Å². The van der Waals surface area contributed by atoms with Gasteiger partial charge in [0, 0.05) is 18.0 Å². The predicted molar refractivity (Wildman–Crippen MR) is 132 cm³/mol. The lowest BCUT2D eigenvalue weighted by atomic mass is 9.88. The van der Waals surface area contributed by atoms with Crippen LogP contribution in [0.3, 0.4) is 0 Å². The molecule has 5 nitrogen and oxygen atoms in total. The van der Waals surface area contributed by atoms with Crippen LogP contribution < -0.4 is 0 Å². The van der Waals surface area contributed by atoms with Crippen LogP contribution in [0.25, 0.3) is 38.9 Å². The summed E-state index contributed by atoms with van der Waals surface area (Å²) in [7, 11) is 0. The van der Waals surface area contributed by atoms with Crippen LogP contribution in [0.1, 0.15) is 5.56 Å². The quantitative estimate of drug-likeness (QED) is 0.267. The first-order valence-electron chi connectivity index (χ1n) is 10.4. The Labute approximate surface area is 197 Å². The van der Waals surface area contributed by atoms with E-state index in [4.69, 9.17) is 0 Å². The third-order valence-electron chi connectivity index (χ3n) is 5.34. The number of benzene rings is 3. The third-order valence-corrected chi connectivity index (χ3v) is 5.34. The maximum Gasteiger partial charge on any atom is 0.101 e. The fourth-order valence-corrected chi connectivity index (χ4v) is 3.75. The molecule has 0 aliphatic carbocycles. The molecule has 0 spiro atoms. The molecule has 3 aromatic carbocycles. The summed E-state index contributed by atoms with van der Waals surface area (Å²) in [6.07, 6.45) is 6.06. The van der Waals surface area contributed by atoms with Crippen molar-refractivity contribution in [1.29, 1.82) is 15.8 Å². The molecule has 5 heteroatoms. The minimum atomic E-state index is 0.102. The molecule has 1 heterocycles. The lowest BCUT2D eigenvalue weighted by Gasteiger charge is -2.14. The lowest BCUT2D eigenvalue weighted by Crippen LogP contribution is -1.94. The second-order valence-corrected chi connectivity index (χ2v) is 7.28. The molecule has 0 aliphatic rings. The second kappa shape index (κ2) is 9.88. The van der Waals surface area contributed by atoms with Crippen LogP contribution >= 0.6 is 0 Å². The van der Waals surface area contributed by atoms with E-state index < -0.39 is 0 Å². The Balaban J connectivity index is 1.96. The summed E-state index contributed by atoms with van der Waals surface area (Å²) in [4.78, 5) is 8.76. The fraction of sp³-hybridized carbons (Fsp3) is 0. The van der Waals surface area contributed by atoms with Crippen molar-refractivity contribution in [3.63, 3.8) is 0 Å². The smallest absolute Gasteiger partial charge is 0.101 e. The average Bonchev–Trinajstić information content (AvgIpc) is 2.91. The van der Waals surface area contributed by atoms with Crippen LogP contribution in [-0.4, -0.2) is 9.97 Å². The minimum Gasteiger partial charge on any atom is -0.253 e. The van der Waals surface area contributed by atoms with Crippen molar-refractivity contribution >= 4 is 16.6 Å². The van der Waals surface area contributed by atoms with Crippen molar-refractivity contribution in [2.45, 2.75) is 0 Å². The standard InChI is InChI=1S/C29H17N5/c1-2-20(17-30)15-22(18-31)27(19-32)26-10-6-5-9-25(26)24-8-4-3-7-23(24)21-11-12-28-29(16-21)34-14-13-33-28/h2-16H,1H2/b20-15+,27-22-. The van der Waals surface area contributed by atoms with Gasteiger partial charge in [-0.3, -0.25) is 9.97 Å². The molecule has 0 saturated heterocycles. The van der Waals surface area contributed by atoms with Crippen LogP contribution in [0, 0.1) is 34.0 Å². The van der Waals surface area contributed by atoms with Crippen molar-refractivity contribution < 1.29 is 0 Å². The second-order valence-electron chi connectivity index (χ2n) is 7.28. The minimum absolute atomic E-state index is 0.102. The number of fused-ring (bicyclic) bond motifs is 1. The molecule has 0 fully saturated rings. The molecule has 0 amide bonds. The summed E-state index contributed by atoms with van der Waals surface area (Å²) in [5, 5.41) is 29.0. The number of rotatable bonds is 5. The van der Waals surface area contributed by atoms with E-state index in [1.807, 2.05) is 72.8 Å². The summed E-state index contributed by atoms with van der Waals surface area (Å²) in [5.74, 6) is 0. The highest BCUT2D eigenvalue weighted by molar-refractivity contribution is 5.96. The fourth-order valence-electron chi connectivity index (χ4n) is 3.75. The van der Waals surface area contributed by atoms with Crippen molar-refractivity contribution in [3.05, 3.63) is 115 Å². The first-order chi connectivity index (χ1) is 16.7. The number of nitrogens with zero attached hydrogens (tertiary/aromatic N) is 5. The van der Waals surface area contributed by atoms with Gasteiger partial charge in [0.25, 0.3) is 0 Å². The zero-order chi connectivity index (χ0) is 23.9. The Morgan fingerprint density at radius 3 is 2.09 bits per heavy atom. The largest absolute Gasteiger partial charge is 0.253 e. The molecular weight excluding hydrogens is 418 g/mol. The third kappa shape index (κ3) is 4.21. The van der Waals surface area contributed by atoms with E-state index in [9.17, 15) is 15.8 Å². The molecule has 0 N–H and O–H groups in total.